The summed E-state index contributed by atoms with van der Waals surface area (Å²) in [6.45, 7) is 3.12. The first-order valence-corrected chi connectivity index (χ1v) is 6.64. The maximum Gasteiger partial charge on any atom is 0.0963 e. The predicted octanol–water partition coefficient (Wildman–Crippen LogP) is 2.27. The van der Waals surface area contributed by atoms with Crippen molar-refractivity contribution >= 4 is 10.9 Å². The number of nitrogens with zero attached hydrogens (tertiary/aromatic N) is 1. The largest absolute Gasteiger partial charge is 0.387 e. The van der Waals surface area contributed by atoms with Gasteiger partial charge in [0.25, 0.3) is 0 Å². The molecule has 1 aromatic heterocycles. The molecule has 2 atom stereocenters. The Morgan fingerprint density at radius 3 is 3.00 bits per heavy atom. The van der Waals surface area contributed by atoms with E-state index in [4.69, 9.17) is 0 Å². The maximum atomic E-state index is 10.5. The van der Waals surface area contributed by atoms with Gasteiger partial charge in [0.15, 0.2) is 0 Å². The average molecular weight is 244 g/mol. The van der Waals surface area contributed by atoms with Gasteiger partial charge in [-0.2, -0.15) is 0 Å². The van der Waals surface area contributed by atoms with Crippen molar-refractivity contribution in [3.05, 3.63) is 35.5 Å². The summed E-state index contributed by atoms with van der Waals surface area (Å²) >= 11 is 0. The normalized spacial score (nSPS) is 21.6. The zero-order valence-corrected chi connectivity index (χ0v) is 11.0. The zero-order valence-electron chi connectivity index (χ0n) is 11.0. The van der Waals surface area contributed by atoms with Crippen molar-refractivity contribution in [2.24, 2.45) is 7.05 Å². The molecule has 3 nitrogen and oxygen atoms in total. The molecule has 2 N–H and O–H groups in total. The number of benzene rings is 1. The van der Waals surface area contributed by atoms with Crippen LogP contribution in [0.1, 0.15) is 30.1 Å². The van der Waals surface area contributed by atoms with E-state index in [9.17, 15) is 5.11 Å². The Bertz CT molecular complexity index is 567. The highest BCUT2D eigenvalue weighted by molar-refractivity contribution is 5.85. The number of aromatic nitrogens is 1. The molecular formula is C15H20N2O. The van der Waals surface area contributed by atoms with Crippen LogP contribution >= 0.6 is 0 Å². The number of fused-ring (bicyclic) bond motifs is 1. The molecule has 96 valence electrons. The SMILES string of the molecule is Cc1ccc2c(C(O)C3CCCN3)cn(C)c2c1. The molecule has 1 aliphatic rings. The first-order chi connectivity index (χ1) is 8.66. The summed E-state index contributed by atoms with van der Waals surface area (Å²) in [5.41, 5.74) is 3.50. The molecule has 2 aromatic rings. The molecule has 18 heavy (non-hydrogen) atoms. The second kappa shape index (κ2) is 4.41. The number of aryl methyl sites for hydroxylation is 2. The molecule has 1 aromatic carbocycles. The zero-order chi connectivity index (χ0) is 12.7. The smallest absolute Gasteiger partial charge is 0.0963 e. The fraction of sp³-hybridized carbons (Fsp3) is 0.467. The third-order valence-electron chi connectivity index (χ3n) is 3.98. The van der Waals surface area contributed by atoms with E-state index in [1.165, 1.54) is 16.5 Å². The van der Waals surface area contributed by atoms with E-state index in [0.29, 0.717) is 0 Å². The summed E-state index contributed by atoms with van der Waals surface area (Å²) in [5.74, 6) is 0. The van der Waals surface area contributed by atoms with Crippen LogP contribution in [0.3, 0.4) is 0 Å². The molecule has 2 unspecified atom stereocenters. The van der Waals surface area contributed by atoms with Crippen LogP contribution in [0.25, 0.3) is 10.9 Å². The monoisotopic (exact) mass is 244 g/mol. The van der Waals surface area contributed by atoms with Gasteiger partial charge in [0.2, 0.25) is 0 Å². The van der Waals surface area contributed by atoms with E-state index in [1.807, 2.05) is 7.05 Å². The highest BCUT2D eigenvalue weighted by atomic mass is 16.3. The van der Waals surface area contributed by atoms with Gasteiger partial charge in [-0.1, -0.05) is 12.1 Å². The Hall–Kier alpha value is -1.32. The van der Waals surface area contributed by atoms with Crippen molar-refractivity contribution in [3.8, 4) is 0 Å². The average Bonchev–Trinajstić information content (AvgIpc) is 2.97. The van der Waals surface area contributed by atoms with Gasteiger partial charge >= 0.3 is 0 Å². The highest BCUT2D eigenvalue weighted by Crippen LogP contribution is 2.30. The van der Waals surface area contributed by atoms with Crippen LogP contribution in [0.5, 0.6) is 0 Å². The maximum absolute atomic E-state index is 10.5. The predicted molar refractivity (Wildman–Crippen MR) is 73.6 cm³/mol. The summed E-state index contributed by atoms with van der Waals surface area (Å²) in [5, 5.41) is 15.1. The van der Waals surface area contributed by atoms with Gasteiger partial charge in [0.05, 0.1) is 6.10 Å². The van der Waals surface area contributed by atoms with Crippen LogP contribution < -0.4 is 5.32 Å². The van der Waals surface area contributed by atoms with E-state index < -0.39 is 6.10 Å². The number of hydrogen-bond donors (Lipinski definition) is 2. The van der Waals surface area contributed by atoms with Gasteiger partial charge in [0, 0.05) is 35.8 Å². The highest BCUT2D eigenvalue weighted by Gasteiger charge is 2.26. The Balaban J connectivity index is 2.06. The Kier molecular flexibility index (Phi) is 2.88. The van der Waals surface area contributed by atoms with E-state index in [1.54, 1.807) is 0 Å². The van der Waals surface area contributed by atoms with Crippen LogP contribution in [0.4, 0.5) is 0 Å². The van der Waals surface area contributed by atoms with Gasteiger partial charge in [-0.25, -0.2) is 0 Å². The minimum absolute atomic E-state index is 0.205. The molecule has 0 bridgehead atoms. The summed E-state index contributed by atoms with van der Waals surface area (Å²) < 4.78 is 2.11. The molecule has 0 spiro atoms. The van der Waals surface area contributed by atoms with Crippen LogP contribution in [0.15, 0.2) is 24.4 Å². The van der Waals surface area contributed by atoms with Crippen molar-refractivity contribution in [1.29, 1.82) is 0 Å². The molecular weight excluding hydrogens is 224 g/mol. The van der Waals surface area contributed by atoms with Crippen molar-refractivity contribution in [1.82, 2.24) is 9.88 Å². The second-order valence-electron chi connectivity index (χ2n) is 5.36. The Morgan fingerprint density at radius 2 is 2.28 bits per heavy atom. The standard InChI is InChI=1S/C15H20N2O/c1-10-5-6-11-12(9-17(2)14(11)8-10)15(18)13-4-3-7-16-13/h5-6,8-9,13,15-16,18H,3-4,7H2,1-2H3. The molecule has 1 aliphatic heterocycles. The van der Waals surface area contributed by atoms with Gasteiger partial charge in [-0.3, -0.25) is 0 Å². The lowest BCUT2D eigenvalue weighted by Gasteiger charge is -2.17. The Morgan fingerprint density at radius 1 is 1.44 bits per heavy atom. The third-order valence-corrected chi connectivity index (χ3v) is 3.98. The summed E-state index contributed by atoms with van der Waals surface area (Å²) in [4.78, 5) is 0. The fourth-order valence-corrected chi connectivity index (χ4v) is 2.96. The number of aliphatic hydroxyl groups is 1. The minimum Gasteiger partial charge on any atom is -0.387 e. The summed E-state index contributed by atoms with van der Waals surface area (Å²) in [6, 6.07) is 6.61. The first kappa shape index (κ1) is 11.8. The molecule has 0 saturated carbocycles. The fourth-order valence-electron chi connectivity index (χ4n) is 2.96. The minimum atomic E-state index is -0.404. The number of hydrogen-bond acceptors (Lipinski definition) is 2. The molecule has 0 amide bonds. The van der Waals surface area contributed by atoms with Crippen LogP contribution in [-0.4, -0.2) is 22.3 Å². The number of nitrogens with one attached hydrogen (secondary N) is 1. The quantitative estimate of drug-likeness (QED) is 0.850. The molecule has 3 rings (SSSR count). The lowest BCUT2D eigenvalue weighted by molar-refractivity contribution is 0.139. The van der Waals surface area contributed by atoms with Gasteiger partial charge in [-0.05, 0) is 37.9 Å². The van der Waals surface area contributed by atoms with Crippen molar-refractivity contribution < 1.29 is 5.11 Å². The lowest BCUT2D eigenvalue weighted by atomic mass is 10.00. The van der Waals surface area contributed by atoms with Crippen LogP contribution in [-0.2, 0) is 7.05 Å². The van der Waals surface area contributed by atoms with E-state index >= 15 is 0 Å². The van der Waals surface area contributed by atoms with E-state index in [-0.39, 0.29) is 6.04 Å². The van der Waals surface area contributed by atoms with Crippen molar-refractivity contribution in [3.63, 3.8) is 0 Å². The number of aliphatic hydroxyl groups excluding tert-OH is 1. The topological polar surface area (TPSA) is 37.2 Å². The van der Waals surface area contributed by atoms with Crippen LogP contribution in [0, 0.1) is 6.92 Å². The molecule has 0 radical (unpaired) electrons. The Labute approximate surface area is 107 Å². The molecule has 3 heteroatoms. The van der Waals surface area contributed by atoms with E-state index in [2.05, 4.69) is 41.2 Å². The van der Waals surface area contributed by atoms with Crippen molar-refractivity contribution in [2.75, 3.05) is 6.54 Å². The molecule has 2 heterocycles. The van der Waals surface area contributed by atoms with Crippen LogP contribution in [0.2, 0.25) is 0 Å². The molecule has 0 aliphatic carbocycles. The third kappa shape index (κ3) is 1.84. The summed E-state index contributed by atoms with van der Waals surface area (Å²) in [6.07, 6.45) is 3.88. The number of rotatable bonds is 2. The van der Waals surface area contributed by atoms with Crippen molar-refractivity contribution in [2.45, 2.75) is 31.9 Å². The van der Waals surface area contributed by atoms with E-state index in [0.717, 1.165) is 24.9 Å². The van der Waals surface area contributed by atoms with Gasteiger partial charge in [-0.15, -0.1) is 0 Å². The summed E-state index contributed by atoms with van der Waals surface area (Å²) in [7, 11) is 2.04. The van der Waals surface area contributed by atoms with Gasteiger partial charge in [0.1, 0.15) is 0 Å². The lowest BCUT2D eigenvalue weighted by Crippen LogP contribution is -2.28. The second-order valence-corrected chi connectivity index (χ2v) is 5.36. The molecule has 1 saturated heterocycles. The first-order valence-electron chi connectivity index (χ1n) is 6.64. The molecule has 1 fully saturated rings. The van der Waals surface area contributed by atoms with Gasteiger partial charge < -0.3 is 15.0 Å².